The average Bonchev–Trinajstić information content (AvgIpc) is 3.52. The molecule has 0 aliphatic carbocycles. The summed E-state index contributed by atoms with van der Waals surface area (Å²) in [5, 5.41) is 48.7. The molecule has 0 radical (unpaired) electrons. The number of carbonyl (C=O) groups excluding carboxylic acids is 4. The molecule has 64 heavy (non-hydrogen) atoms. The summed E-state index contributed by atoms with van der Waals surface area (Å²) in [6, 6.07) is 1.28. The molecule has 16 nitrogen and oxygen atoms in total. The normalized spacial score (nSPS) is 28.3. The molecule has 5 rings (SSSR count). The summed E-state index contributed by atoms with van der Waals surface area (Å²) in [4.78, 5) is 58.1. The number of aromatic hydroxyl groups is 2. The summed E-state index contributed by atoms with van der Waals surface area (Å²) in [5.74, 6) is -8.02. The quantitative estimate of drug-likeness (QED) is 0.125. The van der Waals surface area contributed by atoms with Gasteiger partial charge in [-0.2, -0.15) is 0 Å². The zero-order chi connectivity index (χ0) is 47.1. The van der Waals surface area contributed by atoms with Gasteiger partial charge >= 0.3 is 41.3 Å². The molecule has 0 spiro atoms. The van der Waals surface area contributed by atoms with Gasteiger partial charge in [-0.15, -0.1) is 0 Å². The second kappa shape index (κ2) is 23.3. The van der Waals surface area contributed by atoms with Crippen LogP contribution in [0.5, 0.6) is 23.0 Å². The number of rotatable bonds is 11. The summed E-state index contributed by atoms with van der Waals surface area (Å²) in [6.45, 7) is 21.1. The number of aliphatic hydroxyl groups excluding tert-OH is 2. The first-order valence-corrected chi connectivity index (χ1v) is 21.7. The molecule has 3 heterocycles. The Labute approximate surface area is 398 Å². The third-order valence-electron chi connectivity index (χ3n) is 12.5. The number of hydrogen-bond acceptors (Lipinski definition) is 14. The smallest absolute Gasteiger partial charge is 0.507 e. The van der Waals surface area contributed by atoms with Crippen molar-refractivity contribution in [2.24, 2.45) is 23.7 Å². The molecule has 0 aromatic heterocycles. The molecule has 9 atom stereocenters. The Morgan fingerprint density at radius 3 is 2.16 bits per heavy atom. The Morgan fingerprint density at radius 2 is 1.56 bits per heavy atom. The zero-order valence-electron chi connectivity index (χ0n) is 39.7. The maximum absolute atomic E-state index is 14.6. The predicted octanol–water partition coefficient (Wildman–Crippen LogP) is 2.62. The molecule has 2 amide bonds. The van der Waals surface area contributed by atoms with Gasteiger partial charge in [-0.25, -0.2) is 0 Å². The van der Waals surface area contributed by atoms with E-state index < -0.39 is 89.6 Å². The van der Waals surface area contributed by atoms with E-state index in [1.807, 2.05) is 20.8 Å². The first-order chi connectivity index (χ1) is 29.7. The van der Waals surface area contributed by atoms with Crippen LogP contribution in [0.2, 0.25) is 0 Å². The number of ether oxygens (including phenoxy) is 5. The molecule has 348 valence electrons. The van der Waals surface area contributed by atoms with Crippen LogP contribution in [0, 0.1) is 30.6 Å². The Balaban J connectivity index is 0.0000109. The van der Waals surface area contributed by atoms with E-state index in [1.165, 1.54) is 59.3 Å². The predicted molar refractivity (Wildman–Crippen MR) is 238 cm³/mol. The number of amides is 2. The standard InChI is InChI=1S/C47H67N3O13.Na/c1-13-49(14-2)20-21-50(15-3)35(52)24-60-34-23-32-42(56)37-36(34)38-44(30(9)41(37)55)63-47(11,45(38)57)61-22-19-33(59-12)27(6)43(62-31(10)51)29(8)40(54)28(7)39(53)25(4)17-16-18-26(5)46(58)48-32;/h16-19,22-23,25,27-29,33,39-40,43,53-56H,13-15,20-21,24H2,1-12H3,(H,48,58);/q;+1/b17-16+,22-19+,26-18+;. The van der Waals surface area contributed by atoms with E-state index in [2.05, 4.69) is 10.2 Å². The molecule has 0 saturated carbocycles. The number of ketones is 1. The number of allylic oxidation sites excluding steroid dienone is 2. The summed E-state index contributed by atoms with van der Waals surface area (Å²) in [7, 11) is 1.44. The van der Waals surface area contributed by atoms with Gasteiger partial charge < -0.3 is 59.2 Å². The topological polar surface area (TPSA) is 214 Å². The minimum atomic E-state index is -2.03. The SMILES string of the molecule is CCN(CC)CCN(CC)C(=O)COc1cc2c(O)c3c(O)c(C)c4c(c13)C(=O)C(C)(O/C=C/C(OC)C(C)C(OC(C)=O)C(C)C(O)C(C)C(O)C(C)/C=C/C=C(\C)C(=O)N2)O4.[Na+]. The van der Waals surface area contributed by atoms with Crippen molar-refractivity contribution in [1.82, 2.24) is 9.80 Å². The first kappa shape index (κ1) is 54.2. The van der Waals surface area contributed by atoms with Crippen LogP contribution in [0.15, 0.2) is 42.2 Å². The van der Waals surface area contributed by atoms with Gasteiger partial charge in [0.15, 0.2) is 12.4 Å². The van der Waals surface area contributed by atoms with Crippen molar-refractivity contribution in [3.05, 3.63) is 53.3 Å². The molecule has 5 N–H and O–H groups in total. The van der Waals surface area contributed by atoms with E-state index in [-0.39, 0.29) is 80.1 Å². The minimum Gasteiger partial charge on any atom is -0.507 e. The van der Waals surface area contributed by atoms with Gasteiger partial charge in [-0.3, -0.25) is 19.2 Å². The van der Waals surface area contributed by atoms with Crippen LogP contribution in [0.3, 0.4) is 0 Å². The number of hydrogen-bond donors (Lipinski definition) is 5. The average molecular weight is 905 g/mol. The summed E-state index contributed by atoms with van der Waals surface area (Å²) >= 11 is 0. The van der Waals surface area contributed by atoms with Gasteiger partial charge in [0.25, 0.3) is 17.6 Å². The van der Waals surface area contributed by atoms with E-state index in [9.17, 15) is 39.6 Å². The van der Waals surface area contributed by atoms with Gasteiger partial charge in [0.2, 0.25) is 0 Å². The van der Waals surface area contributed by atoms with E-state index in [0.29, 0.717) is 19.6 Å². The molecule has 2 aromatic rings. The van der Waals surface area contributed by atoms with Gasteiger partial charge in [0, 0.05) is 86.9 Å². The number of likely N-dealkylation sites (N-methyl/N-ethyl adjacent to an activating group) is 2. The van der Waals surface area contributed by atoms with Gasteiger partial charge in [-0.1, -0.05) is 59.8 Å². The molecule has 9 unspecified atom stereocenters. The number of methoxy groups -OCH3 is 1. The Hall–Kier alpha value is -4.16. The van der Waals surface area contributed by atoms with Crippen LogP contribution in [0.1, 0.15) is 85.2 Å². The Bertz CT molecular complexity index is 2100. The Kier molecular flexibility index (Phi) is 19.8. The van der Waals surface area contributed by atoms with Gasteiger partial charge in [0.1, 0.15) is 23.4 Å². The summed E-state index contributed by atoms with van der Waals surface area (Å²) in [5.41, 5.74) is -0.00604. The number of Topliss-reactive ketones (excluding diaryl/α,β-unsaturated/α-hetero) is 1. The van der Waals surface area contributed by atoms with Crippen molar-refractivity contribution in [2.75, 3.05) is 51.8 Å². The van der Waals surface area contributed by atoms with Crippen molar-refractivity contribution in [3.8, 4) is 23.0 Å². The van der Waals surface area contributed by atoms with Crippen molar-refractivity contribution >= 4 is 40.0 Å². The molecule has 2 aromatic carbocycles. The number of benzene rings is 2. The van der Waals surface area contributed by atoms with Crippen molar-refractivity contribution < 1.29 is 92.8 Å². The molecule has 3 aliphatic rings. The summed E-state index contributed by atoms with van der Waals surface area (Å²) in [6.07, 6.45) is 3.61. The zero-order valence-corrected chi connectivity index (χ0v) is 41.7. The van der Waals surface area contributed by atoms with E-state index >= 15 is 0 Å². The number of phenols is 2. The number of nitrogens with one attached hydrogen (secondary N) is 1. The molecule has 17 heteroatoms. The fourth-order valence-electron chi connectivity index (χ4n) is 8.24. The fourth-order valence-corrected chi connectivity index (χ4v) is 8.24. The molecular formula is C47H67N3NaO13+. The molecule has 0 fully saturated rings. The number of carbonyl (C=O) groups is 4. The van der Waals surface area contributed by atoms with Crippen LogP contribution < -0.4 is 44.3 Å². The van der Waals surface area contributed by atoms with E-state index in [4.69, 9.17) is 23.7 Å². The van der Waals surface area contributed by atoms with Gasteiger partial charge in [0.05, 0.1) is 41.2 Å². The maximum Gasteiger partial charge on any atom is 1.00 e. The van der Waals surface area contributed by atoms with Crippen LogP contribution in [-0.4, -0.2) is 130 Å². The third kappa shape index (κ3) is 11.8. The number of esters is 1. The van der Waals surface area contributed by atoms with Gasteiger partial charge in [-0.05, 0) is 39.9 Å². The number of anilines is 1. The van der Waals surface area contributed by atoms with Crippen LogP contribution in [-0.2, 0) is 28.6 Å². The molecule has 0 saturated heterocycles. The molecular weight excluding hydrogens is 838 g/mol. The molecule has 3 aliphatic heterocycles. The monoisotopic (exact) mass is 904 g/mol. The number of fused-ring (bicyclic) bond motifs is 14. The first-order valence-electron chi connectivity index (χ1n) is 21.7. The van der Waals surface area contributed by atoms with E-state index in [0.717, 1.165) is 13.1 Å². The number of nitrogens with zero attached hydrogens (tertiary/aromatic N) is 2. The van der Waals surface area contributed by atoms with Crippen LogP contribution in [0.25, 0.3) is 10.8 Å². The number of aliphatic hydroxyl groups is 2. The second-order valence-electron chi connectivity index (χ2n) is 16.7. The van der Waals surface area contributed by atoms with Crippen LogP contribution >= 0.6 is 0 Å². The summed E-state index contributed by atoms with van der Waals surface area (Å²) < 4.78 is 30.0. The minimum absolute atomic E-state index is 0. The largest absolute Gasteiger partial charge is 1.00 e. The number of phenolic OH excluding ortho intramolecular Hbond substituents is 2. The van der Waals surface area contributed by atoms with Crippen LogP contribution in [0.4, 0.5) is 5.69 Å². The Morgan fingerprint density at radius 1 is 0.906 bits per heavy atom. The van der Waals surface area contributed by atoms with Crippen molar-refractivity contribution in [1.29, 1.82) is 0 Å². The van der Waals surface area contributed by atoms with Crippen molar-refractivity contribution in [2.45, 2.75) is 106 Å². The fraction of sp³-hybridized carbons (Fsp3) is 0.574. The molecule has 5 bridgehead atoms. The second-order valence-corrected chi connectivity index (χ2v) is 16.7. The van der Waals surface area contributed by atoms with E-state index in [1.54, 1.807) is 44.7 Å². The third-order valence-corrected chi connectivity index (χ3v) is 12.5. The van der Waals surface area contributed by atoms with Crippen molar-refractivity contribution in [3.63, 3.8) is 0 Å². The maximum atomic E-state index is 14.6.